The zero-order valence-corrected chi connectivity index (χ0v) is 24.4. The number of fused-ring (bicyclic) bond motifs is 4. The molecular formula is C32H39ClN2O3S. The zero-order valence-electron chi connectivity index (χ0n) is 22.9. The molecular weight excluding hydrogens is 528 g/mol. The van der Waals surface area contributed by atoms with Crippen LogP contribution in [0.25, 0.3) is 0 Å². The molecule has 2 heterocycles. The summed E-state index contributed by atoms with van der Waals surface area (Å²) in [6, 6.07) is 12.2. The van der Waals surface area contributed by atoms with Crippen molar-refractivity contribution in [2.24, 2.45) is 17.8 Å². The van der Waals surface area contributed by atoms with Gasteiger partial charge in [-0.15, -0.1) is 0 Å². The van der Waals surface area contributed by atoms with Crippen LogP contribution in [0.1, 0.15) is 67.4 Å². The third-order valence-electron chi connectivity index (χ3n) is 9.65. The number of benzene rings is 2. The molecule has 6 rings (SSSR count). The summed E-state index contributed by atoms with van der Waals surface area (Å²) in [7, 11) is 0. The zero-order chi connectivity index (χ0) is 27.1. The molecule has 2 aliphatic carbocycles. The fourth-order valence-corrected chi connectivity index (χ4v) is 7.85. The number of aliphatic hydroxyl groups is 1. The summed E-state index contributed by atoms with van der Waals surface area (Å²) in [6.45, 7) is 6.59. The highest BCUT2D eigenvalue weighted by Gasteiger charge is 2.44. The summed E-state index contributed by atoms with van der Waals surface area (Å²) in [5.74, 6) is 1.78. The van der Waals surface area contributed by atoms with E-state index in [0.29, 0.717) is 24.0 Å². The van der Waals surface area contributed by atoms with E-state index in [9.17, 15) is 9.90 Å². The summed E-state index contributed by atoms with van der Waals surface area (Å²) in [6.07, 6.45) is 9.93. The molecule has 1 saturated carbocycles. The molecule has 6 atom stereocenters. The van der Waals surface area contributed by atoms with E-state index in [-0.39, 0.29) is 22.5 Å². The third kappa shape index (κ3) is 5.32. The van der Waals surface area contributed by atoms with Gasteiger partial charge in [-0.05, 0) is 110 Å². The minimum atomic E-state index is -0.424. The van der Waals surface area contributed by atoms with Gasteiger partial charge in [0.1, 0.15) is 5.75 Å². The number of hydrogen-bond acceptors (Lipinski definition) is 5. The fourth-order valence-electron chi connectivity index (χ4n) is 6.90. The number of carbonyl (C=O) groups is 1. The maximum Gasteiger partial charge on any atom is 0.261 e. The van der Waals surface area contributed by atoms with Gasteiger partial charge in [-0.1, -0.05) is 43.7 Å². The van der Waals surface area contributed by atoms with Crippen LogP contribution in [0, 0.1) is 17.8 Å². The molecule has 1 amide bonds. The highest BCUT2D eigenvalue weighted by atomic mass is 35.5. The van der Waals surface area contributed by atoms with Gasteiger partial charge in [-0.25, -0.2) is 0 Å². The number of nitrogens with zero attached hydrogens (tertiary/aromatic N) is 1. The SMILES string of the molecule is C[C@H]1C/C=C\[C@H](O)[C@@H]2CC[C@H]2CN2C[C@@]3(CCCc4cc(Cl)ccc43)COc3ccc(cc32)C(=O)NS[C@@H]1C. The maximum atomic E-state index is 13.2. The minimum absolute atomic E-state index is 0.0713. The first-order valence-corrected chi connectivity index (χ1v) is 15.7. The Kier molecular flexibility index (Phi) is 7.64. The van der Waals surface area contributed by atoms with E-state index >= 15 is 0 Å². The van der Waals surface area contributed by atoms with Crippen LogP contribution in [0.2, 0.25) is 5.02 Å². The number of allylic oxidation sites excluding steroid dienone is 1. The lowest BCUT2D eigenvalue weighted by Crippen LogP contribution is -2.49. The lowest BCUT2D eigenvalue weighted by Gasteiger charge is -2.45. The summed E-state index contributed by atoms with van der Waals surface area (Å²) in [4.78, 5) is 15.7. The smallest absolute Gasteiger partial charge is 0.261 e. The Morgan fingerprint density at radius 3 is 2.87 bits per heavy atom. The van der Waals surface area contributed by atoms with Gasteiger partial charge in [0, 0.05) is 34.3 Å². The van der Waals surface area contributed by atoms with Gasteiger partial charge in [-0.3, -0.25) is 9.52 Å². The Hall–Kier alpha value is -2.15. The third-order valence-corrected chi connectivity index (χ3v) is 11.0. The average molecular weight is 567 g/mol. The lowest BCUT2D eigenvalue weighted by atomic mass is 9.68. The van der Waals surface area contributed by atoms with Crippen LogP contribution in [0.15, 0.2) is 48.6 Å². The van der Waals surface area contributed by atoms with Crippen LogP contribution >= 0.6 is 23.5 Å². The topological polar surface area (TPSA) is 61.8 Å². The van der Waals surface area contributed by atoms with Crippen LogP contribution in [0.4, 0.5) is 5.69 Å². The van der Waals surface area contributed by atoms with E-state index < -0.39 is 6.10 Å². The highest BCUT2D eigenvalue weighted by Crippen LogP contribution is 2.46. The van der Waals surface area contributed by atoms with Crippen LogP contribution in [0.3, 0.4) is 0 Å². The molecule has 0 saturated heterocycles. The van der Waals surface area contributed by atoms with Crippen molar-refractivity contribution in [1.29, 1.82) is 0 Å². The normalized spacial score (nSPS) is 33.6. The van der Waals surface area contributed by atoms with Crippen molar-refractivity contribution in [3.63, 3.8) is 0 Å². The molecule has 4 aliphatic rings. The Bertz CT molecular complexity index is 1270. The van der Waals surface area contributed by atoms with Crippen molar-refractivity contribution in [2.75, 3.05) is 24.6 Å². The summed E-state index contributed by atoms with van der Waals surface area (Å²) in [5.41, 5.74) is 4.14. The summed E-state index contributed by atoms with van der Waals surface area (Å²) < 4.78 is 9.67. The number of anilines is 1. The molecule has 0 unspecified atom stereocenters. The van der Waals surface area contributed by atoms with Crippen LogP contribution in [-0.2, 0) is 11.8 Å². The number of rotatable bonds is 0. The van der Waals surface area contributed by atoms with E-state index in [0.717, 1.165) is 68.1 Å². The van der Waals surface area contributed by atoms with E-state index in [1.165, 1.54) is 23.1 Å². The Labute approximate surface area is 241 Å². The predicted molar refractivity (Wildman–Crippen MR) is 160 cm³/mol. The Morgan fingerprint density at radius 1 is 1.18 bits per heavy atom. The second-order valence-corrected chi connectivity index (χ2v) is 13.8. The minimum Gasteiger partial charge on any atom is -0.490 e. The van der Waals surface area contributed by atoms with E-state index in [4.69, 9.17) is 16.3 Å². The largest absolute Gasteiger partial charge is 0.490 e. The number of nitrogens with one attached hydrogen (secondary N) is 1. The molecule has 7 heteroatoms. The molecule has 2 bridgehead atoms. The molecule has 2 aromatic rings. The van der Waals surface area contributed by atoms with Crippen molar-refractivity contribution in [3.8, 4) is 5.75 Å². The van der Waals surface area contributed by atoms with Crippen molar-refractivity contribution >= 4 is 35.1 Å². The number of aryl methyl sites for hydroxylation is 1. The molecule has 39 heavy (non-hydrogen) atoms. The molecule has 2 N–H and O–H groups in total. The van der Waals surface area contributed by atoms with Crippen molar-refractivity contribution < 1.29 is 14.6 Å². The predicted octanol–water partition coefficient (Wildman–Crippen LogP) is 6.56. The molecule has 1 fully saturated rings. The first-order valence-electron chi connectivity index (χ1n) is 14.4. The average Bonchev–Trinajstić information content (AvgIpc) is 3.05. The Balaban J connectivity index is 1.39. The quantitative estimate of drug-likeness (QED) is 0.279. The summed E-state index contributed by atoms with van der Waals surface area (Å²) >= 11 is 7.88. The number of aliphatic hydroxyl groups excluding tert-OH is 1. The molecule has 208 valence electrons. The highest BCUT2D eigenvalue weighted by molar-refractivity contribution is 7.98. The molecule has 2 aromatic carbocycles. The molecule has 5 nitrogen and oxygen atoms in total. The fraction of sp³-hybridized carbons (Fsp3) is 0.531. The van der Waals surface area contributed by atoms with Crippen molar-refractivity contribution in [1.82, 2.24) is 4.72 Å². The molecule has 0 radical (unpaired) electrons. The number of carbonyl (C=O) groups excluding carboxylic acids is 1. The molecule has 2 aliphatic heterocycles. The van der Waals surface area contributed by atoms with Crippen LogP contribution in [-0.4, -0.2) is 42.1 Å². The first kappa shape index (κ1) is 27.0. The lowest BCUT2D eigenvalue weighted by molar-refractivity contribution is 0.0456. The van der Waals surface area contributed by atoms with E-state index in [1.54, 1.807) is 0 Å². The van der Waals surface area contributed by atoms with Gasteiger partial charge in [0.15, 0.2) is 0 Å². The van der Waals surface area contributed by atoms with Crippen LogP contribution in [0.5, 0.6) is 5.75 Å². The van der Waals surface area contributed by atoms with E-state index in [1.807, 2.05) is 30.3 Å². The van der Waals surface area contributed by atoms with Gasteiger partial charge in [-0.2, -0.15) is 0 Å². The van der Waals surface area contributed by atoms with Gasteiger partial charge in [0.25, 0.3) is 5.91 Å². The second-order valence-electron chi connectivity index (χ2n) is 12.2. The van der Waals surface area contributed by atoms with Gasteiger partial charge < -0.3 is 14.7 Å². The monoisotopic (exact) mass is 566 g/mol. The number of ether oxygens (including phenoxy) is 1. The van der Waals surface area contributed by atoms with Crippen LogP contribution < -0.4 is 14.4 Å². The van der Waals surface area contributed by atoms with E-state index in [2.05, 4.69) is 41.7 Å². The standard InChI is InChI=1S/C32H39ClN2O3S/c1-20-5-3-7-29(36)26-11-8-24(26)17-35-18-32(14-4-6-22-15-25(33)10-12-27(22)32)19-38-30-13-9-23(16-28(30)35)31(37)34-39-21(20)2/h3,7,9-10,12-13,15-16,20-21,24,26,29,36H,4-6,8,11,14,17-19H2,1-2H3,(H,34,37)/b7-3-/t20-,21+,24-,26+,29-,32-/m0/s1. The molecule has 1 spiro atoms. The maximum absolute atomic E-state index is 13.2. The summed E-state index contributed by atoms with van der Waals surface area (Å²) in [5, 5.41) is 12.1. The number of halogens is 1. The van der Waals surface area contributed by atoms with Crippen molar-refractivity contribution in [2.45, 2.75) is 69.1 Å². The molecule has 0 aromatic heterocycles. The van der Waals surface area contributed by atoms with Crippen molar-refractivity contribution in [3.05, 3.63) is 70.3 Å². The first-order chi connectivity index (χ1) is 18.8. The van der Waals surface area contributed by atoms with Gasteiger partial charge in [0.05, 0.1) is 18.4 Å². The number of amides is 1. The van der Waals surface area contributed by atoms with Gasteiger partial charge in [0.2, 0.25) is 0 Å². The second kappa shape index (κ2) is 11.0. The Morgan fingerprint density at radius 2 is 2.05 bits per heavy atom. The number of hydrogen-bond donors (Lipinski definition) is 2. The van der Waals surface area contributed by atoms with Gasteiger partial charge >= 0.3 is 0 Å².